The number of thiophene rings is 1. The van der Waals surface area contributed by atoms with E-state index in [9.17, 15) is 9.18 Å². The molecule has 1 aromatic heterocycles. The van der Waals surface area contributed by atoms with Gasteiger partial charge in [0.2, 0.25) is 0 Å². The van der Waals surface area contributed by atoms with E-state index in [1.807, 2.05) is 6.07 Å². The molecule has 1 aromatic carbocycles. The molecule has 106 valence electrons. The van der Waals surface area contributed by atoms with Gasteiger partial charge in [-0.25, -0.2) is 4.39 Å². The van der Waals surface area contributed by atoms with Crippen molar-refractivity contribution in [2.24, 2.45) is 0 Å². The fraction of sp³-hybridized carbons (Fsp3) is 0.214. The smallest absolute Gasteiger partial charge is 0.263 e. The highest BCUT2D eigenvalue weighted by Gasteiger charge is 2.12. The van der Waals surface area contributed by atoms with Gasteiger partial charge >= 0.3 is 0 Å². The number of carbonyl (C=O) groups is 1. The Balaban J connectivity index is 1.93. The molecule has 4 nitrogen and oxygen atoms in total. The second-order valence-corrected chi connectivity index (χ2v) is 5.33. The molecule has 0 spiro atoms. The van der Waals surface area contributed by atoms with Crippen LogP contribution in [0.25, 0.3) is 0 Å². The molecule has 0 atom stereocenters. The lowest BCUT2D eigenvalue weighted by atomic mass is 10.1. The van der Waals surface area contributed by atoms with E-state index in [-0.39, 0.29) is 11.7 Å². The van der Waals surface area contributed by atoms with E-state index in [1.54, 1.807) is 19.2 Å². The van der Waals surface area contributed by atoms with Gasteiger partial charge in [-0.15, -0.1) is 11.3 Å². The van der Waals surface area contributed by atoms with Gasteiger partial charge in [0.25, 0.3) is 5.91 Å². The third-order valence-corrected chi connectivity index (χ3v) is 3.90. The molecule has 0 saturated carbocycles. The van der Waals surface area contributed by atoms with Crippen molar-refractivity contribution in [3.8, 4) is 0 Å². The van der Waals surface area contributed by atoms with Crippen LogP contribution in [0, 0.1) is 5.82 Å². The van der Waals surface area contributed by atoms with Crippen LogP contribution in [-0.2, 0) is 6.42 Å². The van der Waals surface area contributed by atoms with Crippen LogP contribution in [0.3, 0.4) is 0 Å². The molecular formula is C14H16FN3OS. The Morgan fingerprint density at radius 2 is 2.20 bits per heavy atom. The lowest BCUT2D eigenvalue weighted by Gasteiger charge is -2.03. The van der Waals surface area contributed by atoms with Gasteiger partial charge in [-0.1, -0.05) is 12.1 Å². The first-order valence-corrected chi connectivity index (χ1v) is 7.01. The number of amides is 1. The van der Waals surface area contributed by atoms with E-state index in [0.29, 0.717) is 23.5 Å². The standard InChI is InChI=1S/C14H16FN3OS/c1-17-14(19)13-11(16)8-12(20-13)18-6-5-9-3-2-4-10(15)7-9/h2-4,7-8,18H,5-6,16H2,1H3,(H,17,19). The van der Waals surface area contributed by atoms with Crippen LogP contribution < -0.4 is 16.4 Å². The fourth-order valence-corrected chi connectivity index (χ4v) is 2.76. The molecule has 0 radical (unpaired) electrons. The van der Waals surface area contributed by atoms with Crippen molar-refractivity contribution in [3.63, 3.8) is 0 Å². The zero-order valence-electron chi connectivity index (χ0n) is 11.1. The molecule has 1 amide bonds. The van der Waals surface area contributed by atoms with Gasteiger partial charge in [-0.05, 0) is 30.2 Å². The Morgan fingerprint density at radius 1 is 1.40 bits per heavy atom. The van der Waals surface area contributed by atoms with Crippen LogP contribution in [0.5, 0.6) is 0 Å². The quantitative estimate of drug-likeness (QED) is 0.793. The SMILES string of the molecule is CNC(=O)c1sc(NCCc2cccc(F)c2)cc1N. The topological polar surface area (TPSA) is 67.2 Å². The maximum atomic E-state index is 13.0. The number of rotatable bonds is 5. The maximum absolute atomic E-state index is 13.0. The summed E-state index contributed by atoms with van der Waals surface area (Å²) in [6.07, 6.45) is 0.699. The molecule has 2 rings (SSSR count). The second-order valence-electron chi connectivity index (χ2n) is 4.28. The van der Waals surface area contributed by atoms with Gasteiger partial charge in [0.05, 0.1) is 10.7 Å². The molecule has 2 aromatic rings. The number of carbonyl (C=O) groups excluding carboxylic acids is 1. The first kappa shape index (κ1) is 14.3. The van der Waals surface area contributed by atoms with E-state index in [2.05, 4.69) is 10.6 Å². The van der Waals surface area contributed by atoms with Crippen molar-refractivity contribution in [1.82, 2.24) is 5.32 Å². The number of anilines is 2. The van der Waals surface area contributed by atoms with Crippen molar-refractivity contribution >= 4 is 27.9 Å². The lowest BCUT2D eigenvalue weighted by Crippen LogP contribution is -2.17. The zero-order chi connectivity index (χ0) is 14.5. The summed E-state index contributed by atoms with van der Waals surface area (Å²) in [7, 11) is 1.57. The van der Waals surface area contributed by atoms with E-state index < -0.39 is 0 Å². The van der Waals surface area contributed by atoms with Gasteiger partial charge in [-0.2, -0.15) is 0 Å². The minimum atomic E-state index is -0.232. The molecule has 0 aliphatic heterocycles. The first-order valence-electron chi connectivity index (χ1n) is 6.20. The van der Waals surface area contributed by atoms with Crippen LogP contribution >= 0.6 is 11.3 Å². The van der Waals surface area contributed by atoms with Gasteiger partial charge in [0.15, 0.2) is 0 Å². The molecule has 0 fully saturated rings. The molecule has 0 saturated heterocycles. The van der Waals surface area contributed by atoms with E-state index >= 15 is 0 Å². The van der Waals surface area contributed by atoms with Crippen molar-refractivity contribution in [2.45, 2.75) is 6.42 Å². The summed E-state index contributed by atoms with van der Waals surface area (Å²) in [5, 5.41) is 6.57. The third-order valence-electron chi connectivity index (χ3n) is 2.80. The molecule has 0 bridgehead atoms. The van der Waals surface area contributed by atoms with Crippen molar-refractivity contribution in [1.29, 1.82) is 0 Å². The highest BCUT2D eigenvalue weighted by molar-refractivity contribution is 7.18. The summed E-state index contributed by atoms with van der Waals surface area (Å²) in [5.74, 6) is -0.421. The summed E-state index contributed by atoms with van der Waals surface area (Å²) in [6, 6.07) is 8.24. The Bertz CT molecular complexity index is 612. The normalized spacial score (nSPS) is 10.3. The number of nitrogens with two attached hydrogens (primary N) is 1. The molecule has 20 heavy (non-hydrogen) atoms. The second kappa shape index (κ2) is 6.38. The fourth-order valence-electron chi connectivity index (χ4n) is 1.81. The summed E-state index contributed by atoms with van der Waals surface area (Å²) in [4.78, 5) is 12.0. The minimum Gasteiger partial charge on any atom is -0.397 e. The van der Waals surface area contributed by atoms with Gasteiger partial charge in [0, 0.05) is 13.6 Å². The molecular weight excluding hydrogens is 277 g/mol. The van der Waals surface area contributed by atoms with Crippen LogP contribution in [0.15, 0.2) is 30.3 Å². The predicted molar refractivity (Wildman–Crippen MR) is 80.7 cm³/mol. The van der Waals surface area contributed by atoms with E-state index in [4.69, 9.17) is 5.73 Å². The van der Waals surface area contributed by atoms with Crippen LogP contribution in [0.1, 0.15) is 15.2 Å². The molecule has 1 heterocycles. The summed E-state index contributed by atoms with van der Waals surface area (Å²) >= 11 is 1.31. The van der Waals surface area contributed by atoms with Gasteiger partial charge in [-0.3, -0.25) is 4.79 Å². The van der Waals surface area contributed by atoms with Gasteiger partial charge < -0.3 is 16.4 Å². The predicted octanol–water partition coefficient (Wildman–Crippen LogP) is 2.48. The van der Waals surface area contributed by atoms with E-state index in [0.717, 1.165) is 10.6 Å². The third kappa shape index (κ3) is 3.48. The Morgan fingerprint density at radius 3 is 2.90 bits per heavy atom. The molecule has 0 aliphatic rings. The highest BCUT2D eigenvalue weighted by Crippen LogP contribution is 2.28. The van der Waals surface area contributed by atoms with Crippen molar-refractivity contribution < 1.29 is 9.18 Å². The number of nitrogen functional groups attached to an aromatic ring is 1. The Hall–Kier alpha value is -2.08. The van der Waals surface area contributed by atoms with Crippen LogP contribution in [0.2, 0.25) is 0 Å². The summed E-state index contributed by atoms with van der Waals surface area (Å²) in [6.45, 7) is 0.649. The Labute approximate surface area is 120 Å². The number of hydrogen-bond donors (Lipinski definition) is 3. The number of halogens is 1. The van der Waals surface area contributed by atoms with Crippen LogP contribution in [0.4, 0.5) is 15.1 Å². The van der Waals surface area contributed by atoms with Crippen LogP contribution in [-0.4, -0.2) is 19.5 Å². The number of hydrogen-bond acceptors (Lipinski definition) is 4. The minimum absolute atomic E-state index is 0.189. The number of nitrogens with one attached hydrogen (secondary N) is 2. The monoisotopic (exact) mass is 293 g/mol. The Kier molecular flexibility index (Phi) is 4.57. The number of benzene rings is 1. The highest BCUT2D eigenvalue weighted by atomic mass is 32.1. The average molecular weight is 293 g/mol. The molecule has 6 heteroatoms. The summed E-state index contributed by atoms with van der Waals surface area (Å²) < 4.78 is 13.0. The maximum Gasteiger partial charge on any atom is 0.263 e. The first-order chi connectivity index (χ1) is 9.60. The average Bonchev–Trinajstić information content (AvgIpc) is 2.79. The molecule has 0 unspecified atom stereocenters. The zero-order valence-corrected chi connectivity index (χ0v) is 11.9. The van der Waals surface area contributed by atoms with Crippen molar-refractivity contribution in [2.75, 3.05) is 24.6 Å². The van der Waals surface area contributed by atoms with Crippen molar-refractivity contribution in [3.05, 3.63) is 46.6 Å². The van der Waals surface area contributed by atoms with Gasteiger partial charge in [0.1, 0.15) is 10.7 Å². The largest absolute Gasteiger partial charge is 0.397 e. The lowest BCUT2D eigenvalue weighted by molar-refractivity contribution is 0.0968. The molecule has 0 aliphatic carbocycles. The summed E-state index contributed by atoms with van der Waals surface area (Å²) in [5.41, 5.74) is 7.17. The van der Waals surface area contributed by atoms with E-state index in [1.165, 1.54) is 23.5 Å². The molecule has 4 N–H and O–H groups in total.